The van der Waals surface area contributed by atoms with E-state index in [1.54, 1.807) is 12.1 Å². The van der Waals surface area contributed by atoms with Crippen LogP contribution in [-0.4, -0.2) is 12.5 Å². The smallest absolute Gasteiger partial charge is 0.223 e. The molecule has 0 heterocycles. The monoisotopic (exact) mass is 287 g/mol. The molecular formula is C17H18FNO2. The van der Waals surface area contributed by atoms with Crippen molar-refractivity contribution in [1.82, 2.24) is 5.32 Å². The first-order valence-electron chi connectivity index (χ1n) is 6.85. The lowest BCUT2D eigenvalue weighted by Crippen LogP contribution is -2.24. The maximum atomic E-state index is 12.7. The van der Waals surface area contributed by atoms with E-state index in [0.29, 0.717) is 13.2 Å². The van der Waals surface area contributed by atoms with E-state index in [1.165, 1.54) is 12.1 Å². The van der Waals surface area contributed by atoms with E-state index in [2.05, 4.69) is 5.32 Å². The first-order valence-corrected chi connectivity index (χ1v) is 6.85. The minimum Gasteiger partial charge on any atom is -0.493 e. The molecule has 0 aliphatic carbocycles. The maximum Gasteiger partial charge on any atom is 0.223 e. The Kier molecular flexibility index (Phi) is 5.32. The van der Waals surface area contributed by atoms with Crippen molar-refractivity contribution >= 4 is 5.91 Å². The summed E-state index contributed by atoms with van der Waals surface area (Å²) in [6.45, 7) is 2.69. The summed E-state index contributed by atoms with van der Waals surface area (Å²) >= 11 is 0. The summed E-state index contributed by atoms with van der Waals surface area (Å²) in [6, 6.07) is 13.7. The van der Waals surface area contributed by atoms with E-state index in [0.717, 1.165) is 16.9 Å². The van der Waals surface area contributed by atoms with Gasteiger partial charge < -0.3 is 10.1 Å². The van der Waals surface area contributed by atoms with Crippen molar-refractivity contribution in [2.45, 2.75) is 19.9 Å². The second-order valence-corrected chi connectivity index (χ2v) is 4.77. The Labute approximate surface area is 123 Å². The van der Waals surface area contributed by atoms with Gasteiger partial charge in [0.15, 0.2) is 0 Å². The van der Waals surface area contributed by atoms with Crippen LogP contribution in [0, 0.1) is 12.7 Å². The summed E-state index contributed by atoms with van der Waals surface area (Å²) in [5.74, 6) is 0.424. The van der Waals surface area contributed by atoms with Crippen molar-refractivity contribution in [3.63, 3.8) is 0 Å². The minimum absolute atomic E-state index is 0.0899. The molecular weight excluding hydrogens is 269 g/mol. The number of carbonyl (C=O) groups excluding carboxylic acids is 1. The lowest BCUT2D eigenvalue weighted by atomic mass is 10.2. The molecule has 4 heteroatoms. The zero-order valence-electron chi connectivity index (χ0n) is 11.9. The van der Waals surface area contributed by atoms with Crippen LogP contribution in [0.3, 0.4) is 0 Å². The SMILES string of the molecule is Cc1ccccc1OCCC(=O)NCc1ccc(F)cc1. The highest BCUT2D eigenvalue weighted by Crippen LogP contribution is 2.16. The van der Waals surface area contributed by atoms with Crippen molar-refractivity contribution in [2.75, 3.05) is 6.61 Å². The minimum atomic E-state index is -0.281. The zero-order valence-corrected chi connectivity index (χ0v) is 11.9. The molecule has 2 rings (SSSR count). The Morgan fingerprint density at radius 3 is 2.57 bits per heavy atom. The Hall–Kier alpha value is -2.36. The molecule has 0 aliphatic heterocycles. The molecule has 2 aromatic rings. The Morgan fingerprint density at radius 1 is 1.14 bits per heavy atom. The van der Waals surface area contributed by atoms with Gasteiger partial charge in [0.25, 0.3) is 0 Å². The van der Waals surface area contributed by atoms with Crippen LogP contribution < -0.4 is 10.1 Å². The fraction of sp³-hybridized carbons (Fsp3) is 0.235. The number of amides is 1. The van der Waals surface area contributed by atoms with E-state index in [1.807, 2.05) is 31.2 Å². The van der Waals surface area contributed by atoms with Crippen LogP contribution in [0.4, 0.5) is 4.39 Å². The highest BCUT2D eigenvalue weighted by atomic mass is 19.1. The van der Waals surface area contributed by atoms with Gasteiger partial charge in [0, 0.05) is 6.54 Å². The molecule has 1 N–H and O–H groups in total. The van der Waals surface area contributed by atoms with Crippen LogP contribution in [0.1, 0.15) is 17.5 Å². The van der Waals surface area contributed by atoms with Crippen LogP contribution in [0.2, 0.25) is 0 Å². The number of nitrogens with one attached hydrogen (secondary N) is 1. The summed E-state index contributed by atoms with van der Waals surface area (Å²) in [5, 5.41) is 2.78. The third kappa shape index (κ3) is 4.91. The van der Waals surface area contributed by atoms with Gasteiger partial charge in [-0.3, -0.25) is 4.79 Å². The molecule has 0 radical (unpaired) electrons. The molecule has 110 valence electrons. The second kappa shape index (κ2) is 7.43. The largest absolute Gasteiger partial charge is 0.493 e. The highest BCUT2D eigenvalue weighted by Gasteiger charge is 2.03. The molecule has 0 unspecified atom stereocenters. The number of aryl methyl sites for hydroxylation is 1. The summed E-state index contributed by atoms with van der Waals surface area (Å²) in [6.07, 6.45) is 0.287. The number of carbonyl (C=O) groups is 1. The summed E-state index contributed by atoms with van der Waals surface area (Å²) < 4.78 is 18.3. The van der Waals surface area contributed by atoms with Gasteiger partial charge in [-0.15, -0.1) is 0 Å². The topological polar surface area (TPSA) is 38.3 Å². The van der Waals surface area contributed by atoms with E-state index in [-0.39, 0.29) is 18.1 Å². The lowest BCUT2D eigenvalue weighted by molar-refractivity contribution is -0.121. The molecule has 0 fully saturated rings. The van der Waals surface area contributed by atoms with E-state index >= 15 is 0 Å². The highest BCUT2D eigenvalue weighted by molar-refractivity contribution is 5.76. The van der Waals surface area contributed by atoms with E-state index in [9.17, 15) is 9.18 Å². The molecule has 0 bridgehead atoms. The van der Waals surface area contributed by atoms with Gasteiger partial charge in [0.05, 0.1) is 13.0 Å². The van der Waals surface area contributed by atoms with Gasteiger partial charge in [0.2, 0.25) is 5.91 Å². The van der Waals surface area contributed by atoms with E-state index in [4.69, 9.17) is 4.74 Å². The molecule has 0 aliphatic rings. The average molecular weight is 287 g/mol. The van der Waals surface area contributed by atoms with Crippen molar-refractivity contribution in [3.8, 4) is 5.75 Å². The zero-order chi connectivity index (χ0) is 15.1. The Morgan fingerprint density at radius 2 is 1.86 bits per heavy atom. The molecule has 0 saturated heterocycles. The molecule has 0 aromatic heterocycles. The van der Waals surface area contributed by atoms with Crippen molar-refractivity contribution in [2.24, 2.45) is 0 Å². The summed E-state index contributed by atoms with van der Waals surface area (Å²) in [4.78, 5) is 11.7. The molecule has 1 amide bonds. The standard InChI is InChI=1S/C17H18FNO2/c1-13-4-2-3-5-16(13)21-11-10-17(20)19-12-14-6-8-15(18)9-7-14/h2-9H,10-12H2,1H3,(H,19,20). The predicted octanol–water partition coefficient (Wildman–Crippen LogP) is 3.22. The fourth-order valence-electron chi connectivity index (χ4n) is 1.86. The van der Waals surface area contributed by atoms with Crippen LogP contribution in [0.5, 0.6) is 5.75 Å². The predicted molar refractivity (Wildman–Crippen MR) is 79.5 cm³/mol. The van der Waals surface area contributed by atoms with Gasteiger partial charge in [0.1, 0.15) is 11.6 Å². The molecule has 21 heavy (non-hydrogen) atoms. The van der Waals surface area contributed by atoms with Gasteiger partial charge in [-0.05, 0) is 36.2 Å². The Balaban J connectivity index is 1.70. The fourth-order valence-corrected chi connectivity index (χ4v) is 1.86. The Bertz CT molecular complexity index is 596. The number of hydrogen-bond acceptors (Lipinski definition) is 2. The van der Waals surface area contributed by atoms with Crippen LogP contribution >= 0.6 is 0 Å². The van der Waals surface area contributed by atoms with Crippen LogP contribution in [0.25, 0.3) is 0 Å². The second-order valence-electron chi connectivity index (χ2n) is 4.77. The normalized spacial score (nSPS) is 10.2. The molecule has 0 spiro atoms. The number of benzene rings is 2. The number of hydrogen-bond donors (Lipinski definition) is 1. The maximum absolute atomic E-state index is 12.7. The van der Waals surface area contributed by atoms with Gasteiger partial charge in [-0.2, -0.15) is 0 Å². The van der Waals surface area contributed by atoms with Gasteiger partial charge >= 0.3 is 0 Å². The van der Waals surface area contributed by atoms with Gasteiger partial charge in [-0.25, -0.2) is 4.39 Å². The number of rotatable bonds is 6. The number of para-hydroxylation sites is 1. The lowest BCUT2D eigenvalue weighted by Gasteiger charge is -2.09. The van der Waals surface area contributed by atoms with Crippen LogP contribution in [0.15, 0.2) is 48.5 Å². The van der Waals surface area contributed by atoms with Crippen molar-refractivity contribution in [1.29, 1.82) is 0 Å². The van der Waals surface area contributed by atoms with Crippen molar-refractivity contribution < 1.29 is 13.9 Å². The van der Waals surface area contributed by atoms with Crippen LogP contribution in [-0.2, 0) is 11.3 Å². The van der Waals surface area contributed by atoms with Crippen molar-refractivity contribution in [3.05, 3.63) is 65.5 Å². The number of ether oxygens (including phenoxy) is 1. The molecule has 2 aromatic carbocycles. The average Bonchev–Trinajstić information content (AvgIpc) is 2.49. The summed E-state index contributed by atoms with van der Waals surface area (Å²) in [7, 11) is 0. The first-order chi connectivity index (χ1) is 10.1. The molecule has 3 nitrogen and oxygen atoms in total. The van der Waals surface area contributed by atoms with E-state index < -0.39 is 0 Å². The quantitative estimate of drug-likeness (QED) is 0.886. The third-order valence-corrected chi connectivity index (χ3v) is 3.08. The summed E-state index contributed by atoms with van der Waals surface area (Å²) in [5.41, 5.74) is 1.91. The molecule has 0 atom stereocenters. The molecule has 0 saturated carbocycles. The number of halogens is 1. The first kappa shape index (κ1) is 15.0. The van der Waals surface area contributed by atoms with Gasteiger partial charge in [-0.1, -0.05) is 30.3 Å². The third-order valence-electron chi connectivity index (χ3n) is 3.08.